The lowest BCUT2D eigenvalue weighted by Gasteiger charge is -2.29. The average molecular weight is 719 g/mol. The van der Waals surface area contributed by atoms with E-state index in [-0.39, 0.29) is 39.1 Å². The molecule has 2 N–H and O–H groups in total. The largest absolute Gasteiger partial charge is 0.416 e. The van der Waals surface area contributed by atoms with Gasteiger partial charge < -0.3 is 24.8 Å². The van der Waals surface area contributed by atoms with Crippen molar-refractivity contribution in [2.24, 2.45) is 0 Å². The van der Waals surface area contributed by atoms with Gasteiger partial charge in [0.2, 0.25) is 0 Å². The van der Waals surface area contributed by atoms with Gasteiger partial charge in [0.15, 0.2) is 5.13 Å². The van der Waals surface area contributed by atoms with Crippen LogP contribution in [0.2, 0.25) is 0 Å². The van der Waals surface area contributed by atoms with Gasteiger partial charge in [-0.1, -0.05) is 18.2 Å². The van der Waals surface area contributed by atoms with Crippen LogP contribution in [0, 0.1) is 0 Å². The molecule has 0 atom stereocenters. The summed E-state index contributed by atoms with van der Waals surface area (Å²) >= 11 is 1.08. The molecular formula is C37H37F3N6O4S. The number of alkyl halides is 3. The summed E-state index contributed by atoms with van der Waals surface area (Å²) in [7, 11) is 1.64. The summed E-state index contributed by atoms with van der Waals surface area (Å²) in [4.78, 5) is 50.6. The Morgan fingerprint density at radius 3 is 2.39 bits per heavy atom. The number of nitrogens with zero attached hydrogens (tertiary/aromatic N) is 4. The number of morpholine rings is 1. The van der Waals surface area contributed by atoms with Crippen LogP contribution in [-0.4, -0.2) is 78.9 Å². The quantitative estimate of drug-likeness (QED) is 0.189. The minimum atomic E-state index is -4.50. The van der Waals surface area contributed by atoms with Gasteiger partial charge in [-0.15, -0.1) is 11.3 Å². The van der Waals surface area contributed by atoms with E-state index in [1.807, 2.05) is 12.3 Å². The summed E-state index contributed by atoms with van der Waals surface area (Å²) in [5.41, 5.74) is 1.55. The molecular weight excluding hydrogens is 682 g/mol. The third-order valence-electron chi connectivity index (χ3n) is 8.67. The molecule has 2 fully saturated rings. The fourth-order valence-corrected chi connectivity index (χ4v) is 6.56. The lowest BCUT2D eigenvalue weighted by atomic mass is 10.1. The van der Waals surface area contributed by atoms with E-state index in [9.17, 15) is 27.6 Å². The van der Waals surface area contributed by atoms with E-state index in [2.05, 4.69) is 25.4 Å². The molecule has 6 rings (SSSR count). The molecule has 0 bridgehead atoms. The predicted octanol–water partition coefficient (Wildman–Crippen LogP) is 7.20. The number of ether oxygens (including phenoxy) is 1. The Morgan fingerprint density at radius 2 is 1.63 bits per heavy atom. The highest BCUT2D eigenvalue weighted by atomic mass is 32.1. The van der Waals surface area contributed by atoms with Crippen LogP contribution in [0.5, 0.6) is 0 Å². The number of amides is 3. The van der Waals surface area contributed by atoms with E-state index < -0.39 is 23.6 Å². The lowest BCUT2D eigenvalue weighted by Crippen LogP contribution is -2.33. The van der Waals surface area contributed by atoms with Gasteiger partial charge in [-0.05, 0) is 67.8 Å². The molecule has 10 nitrogen and oxygen atoms in total. The van der Waals surface area contributed by atoms with Crippen LogP contribution >= 0.6 is 11.3 Å². The SMILES string of the molecule is CN(/C=C/N1CCOCC1)C(=O)c1cccc(C(=O)Nc2ccc(N3CCCCC3)cc2C(=O)Nc2nc(-c3cccc(C(F)(F)F)c3)cs2)c1. The molecule has 51 heavy (non-hydrogen) atoms. The highest BCUT2D eigenvalue weighted by Crippen LogP contribution is 2.34. The van der Waals surface area contributed by atoms with Crippen molar-refractivity contribution in [3.63, 3.8) is 0 Å². The second-order valence-corrected chi connectivity index (χ2v) is 13.1. The van der Waals surface area contributed by atoms with E-state index in [1.165, 1.54) is 23.1 Å². The highest BCUT2D eigenvalue weighted by molar-refractivity contribution is 7.14. The number of anilines is 3. The number of thiazole rings is 1. The number of nitrogens with one attached hydrogen (secondary N) is 2. The fourth-order valence-electron chi connectivity index (χ4n) is 5.84. The normalized spacial score (nSPS) is 15.1. The van der Waals surface area contributed by atoms with Gasteiger partial charge >= 0.3 is 6.18 Å². The maximum absolute atomic E-state index is 13.8. The zero-order valence-electron chi connectivity index (χ0n) is 27.9. The van der Waals surface area contributed by atoms with Crippen molar-refractivity contribution < 1.29 is 32.3 Å². The Hall–Kier alpha value is -5.21. The summed E-state index contributed by atoms with van der Waals surface area (Å²) in [6, 6.07) is 16.4. The maximum atomic E-state index is 13.8. The van der Waals surface area contributed by atoms with Crippen LogP contribution in [0.4, 0.5) is 29.7 Å². The molecule has 4 aromatic rings. The minimum Gasteiger partial charge on any atom is -0.378 e. The number of carbonyl (C=O) groups is 3. The number of benzene rings is 3. The smallest absolute Gasteiger partial charge is 0.378 e. The van der Waals surface area contributed by atoms with E-state index in [1.54, 1.807) is 49.0 Å². The standard InChI is InChI=1S/C37H37F3N6O4S/c1-44(15-16-45-17-19-50-20-18-45)35(49)27-9-5-8-26(21-27)33(47)41-31-12-11-29(46-13-3-2-4-14-46)23-30(31)34(48)43-36-42-32(24-51-36)25-7-6-10-28(22-25)37(38,39)40/h5-12,15-16,21-24H,2-4,13-14,17-20H2,1H3,(H,41,47)(H,42,43,48)/b16-15+. The number of hydrogen-bond acceptors (Lipinski definition) is 8. The topological polar surface area (TPSA) is 107 Å². The molecule has 0 spiro atoms. The van der Waals surface area contributed by atoms with Crippen molar-refractivity contribution in [2.45, 2.75) is 25.4 Å². The molecule has 14 heteroatoms. The van der Waals surface area contributed by atoms with Crippen molar-refractivity contribution in [3.05, 3.63) is 107 Å². The maximum Gasteiger partial charge on any atom is 0.416 e. The first-order valence-corrected chi connectivity index (χ1v) is 17.5. The van der Waals surface area contributed by atoms with Crippen LogP contribution < -0.4 is 15.5 Å². The van der Waals surface area contributed by atoms with E-state index in [0.29, 0.717) is 18.8 Å². The first-order valence-electron chi connectivity index (χ1n) is 16.6. The van der Waals surface area contributed by atoms with Gasteiger partial charge in [-0.25, -0.2) is 4.98 Å². The Morgan fingerprint density at radius 1 is 0.882 bits per heavy atom. The number of piperidine rings is 1. The Balaban J connectivity index is 1.21. The zero-order valence-corrected chi connectivity index (χ0v) is 28.7. The fraction of sp³-hybridized carbons (Fsp3) is 0.297. The highest BCUT2D eigenvalue weighted by Gasteiger charge is 2.30. The molecule has 2 aliphatic heterocycles. The van der Waals surface area contributed by atoms with Gasteiger partial charge in [-0.3, -0.25) is 19.7 Å². The summed E-state index contributed by atoms with van der Waals surface area (Å²) < 4.78 is 45.2. The van der Waals surface area contributed by atoms with Gasteiger partial charge in [0.1, 0.15) is 0 Å². The van der Waals surface area contributed by atoms with Crippen LogP contribution in [0.25, 0.3) is 11.3 Å². The molecule has 0 radical (unpaired) electrons. The minimum absolute atomic E-state index is 0.183. The first kappa shape index (κ1) is 35.6. The van der Waals surface area contributed by atoms with Crippen LogP contribution in [0.1, 0.15) is 55.9 Å². The van der Waals surface area contributed by atoms with Crippen molar-refractivity contribution in [1.29, 1.82) is 0 Å². The van der Waals surface area contributed by atoms with Gasteiger partial charge in [-0.2, -0.15) is 13.2 Å². The third kappa shape index (κ3) is 8.94. The number of rotatable bonds is 9. The van der Waals surface area contributed by atoms with Crippen LogP contribution in [0.15, 0.2) is 84.5 Å². The first-order chi connectivity index (χ1) is 24.5. The molecule has 0 saturated carbocycles. The Bertz CT molecular complexity index is 1920. The van der Waals surface area contributed by atoms with Gasteiger partial charge in [0.05, 0.1) is 35.7 Å². The summed E-state index contributed by atoms with van der Waals surface area (Å²) in [5.74, 6) is -1.36. The van der Waals surface area contributed by atoms with E-state index in [4.69, 9.17) is 4.74 Å². The molecule has 0 unspecified atom stereocenters. The number of halogens is 3. The number of carbonyl (C=O) groups excluding carboxylic acids is 3. The molecule has 3 heterocycles. The summed E-state index contributed by atoms with van der Waals surface area (Å²) in [5, 5.41) is 7.36. The third-order valence-corrected chi connectivity index (χ3v) is 9.42. The summed E-state index contributed by atoms with van der Waals surface area (Å²) in [6.45, 7) is 4.38. The van der Waals surface area contributed by atoms with Crippen molar-refractivity contribution >= 4 is 45.6 Å². The molecule has 1 aromatic heterocycles. The molecule has 0 aliphatic carbocycles. The molecule has 3 amide bonds. The van der Waals surface area contributed by atoms with Crippen molar-refractivity contribution in [1.82, 2.24) is 14.8 Å². The zero-order chi connectivity index (χ0) is 36.0. The van der Waals surface area contributed by atoms with Crippen molar-refractivity contribution in [3.8, 4) is 11.3 Å². The van der Waals surface area contributed by atoms with Gasteiger partial charge in [0.25, 0.3) is 17.7 Å². The van der Waals surface area contributed by atoms with Crippen molar-refractivity contribution in [2.75, 3.05) is 62.0 Å². The predicted molar refractivity (Wildman–Crippen MR) is 191 cm³/mol. The molecule has 2 aliphatic rings. The monoisotopic (exact) mass is 718 g/mol. The van der Waals surface area contributed by atoms with Gasteiger partial charge in [0, 0.05) is 73.4 Å². The van der Waals surface area contributed by atoms with E-state index >= 15 is 0 Å². The molecule has 2 saturated heterocycles. The second-order valence-electron chi connectivity index (χ2n) is 12.2. The van der Waals surface area contributed by atoms with E-state index in [0.717, 1.165) is 74.6 Å². The Kier molecular flexibility index (Phi) is 11.0. The summed E-state index contributed by atoms with van der Waals surface area (Å²) in [6.07, 6.45) is 2.18. The number of aromatic nitrogens is 1. The number of hydrogen-bond donors (Lipinski definition) is 2. The average Bonchev–Trinajstić information content (AvgIpc) is 3.62. The van der Waals surface area contributed by atoms with Crippen LogP contribution in [0.3, 0.4) is 0 Å². The lowest BCUT2D eigenvalue weighted by molar-refractivity contribution is -0.137. The van der Waals surface area contributed by atoms with Crippen LogP contribution in [-0.2, 0) is 10.9 Å². The Labute approximate surface area is 297 Å². The second kappa shape index (κ2) is 15.8. The molecule has 266 valence electrons. The molecule has 3 aromatic carbocycles.